The molecule has 1 N–H and O–H groups in total. The van der Waals surface area contributed by atoms with Crippen LogP contribution >= 0.6 is 11.3 Å². The first kappa shape index (κ1) is 24.5. The summed E-state index contributed by atoms with van der Waals surface area (Å²) in [6, 6.07) is 19.0. The van der Waals surface area contributed by atoms with Gasteiger partial charge in [-0.25, -0.2) is 4.98 Å². The Morgan fingerprint density at radius 1 is 1.05 bits per heavy atom. The molecule has 8 heteroatoms. The molecule has 3 aromatic carbocycles. The maximum absolute atomic E-state index is 13.5. The van der Waals surface area contributed by atoms with Gasteiger partial charge in [0, 0.05) is 5.56 Å². The normalized spacial score (nSPS) is 16.9. The van der Waals surface area contributed by atoms with Crippen LogP contribution in [0.5, 0.6) is 11.5 Å². The van der Waals surface area contributed by atoms with E-state index in [4.69, 9.17) is 9.47 Å². The predicted octanol–water partition coefficient (Wildman–Crippen LogP) is 6.03. The molecule has 4 aromatic rings. The number of aliphatic hydroxyl groups excluding tert-OH is 1. The minimum Gasteiger partial charge on any atom is -0.507 e. The summed E-state index contributed by atoms with van der Waals surface area (Å²) in [5.74, 6) is -0.573. The van der Waals surface area contributed by atoms with Crippen molar-refractivity contribution in [3.8, 4) is 11.5 Å². The van der Waals surface area contributed by atoms with Crippen molar-refractivity contribution >= 4 is 44.1 Å². The van der Waals surface area contributed by atoms with Gasteiger partial charge in [-0.3, -0.25) is 14.5 Å². The molecular weight excluding hydrogens is 488 g/mol. The van der Waals surface area contributed by atoms with Crippen molar-refractivity contribution in [1.82, 2.24) is 4.98 Å². The number of aromatic nitrogens is 1. The third kappa shape index (κ3) is 4.56. The molecule has 5 rings (SSSR count). The Morgan fingerprint density at radius 2 is 1.84 bits per heavy atom. The predicted molar refractivity (Wildman–Crippen MR) is 144 cm³/mol. The SMILES string of the molecule is CCCOc1ccc([C@@H]2/C(=C(\O)c3cccc(OC)c3)C(=O)C(=O)N2c2nc3ccc(C)cc3s2)cc1. The fourth-order valence-electron chi connectivity index (χ4n) is 4.36. The molecule has 37 heavy (non-hydrogen) atoms. The highest BCUT2D eigenvalue weighted by molar-refractivity contribution is 7.22. The van der Waals surface area contributed by atoms with E-state index in [-0.39, 0.29) is 11.3 Å². The number of fused-ring (bicyclic) bond motifs is 1. The summed E-state index contributed by atoms with van der Waals surface area (Å²) in [6.45, 7) is 4.60. The molecule has 1 aliphatic rings. The van der Waals surface area contributed by atoms with Gasteiger partial charge in [0.05, 0.1) is 35.5 Å². The number of Topliss-reactive ketones (excluding diaryl/α,β-unsaturated/α-hetero) is 1. The van der Waals surface area contributed by atoms with Crippen molar-refractivity contribution in [2.24, 2.45) is 0 Å². The number of carbonyl (C=O) groups excluding carboxylic acids is 2. The Morgan fingerprint density at radius 3 is 2.57 bits per heavy atom. The molecule has 188 valence electrons. The number of benzene rings is 3. The lowest BCUT2D eigenvalue weighted by molar-refractivity contribution is -0.132. The summed E-state index contributed by atoms with van der Waals surface area (Å²) >= 11 is 1.34. The minimum atomic E-state index is -0.868. The van der Waals surface area contributed by atoms with Crippen molar-refractivity contribution in [1.29, 1.82) is 0 Å². The molecular formula is C29H26N2O5S. The summed E-state index contributed by atoms with van der Waals surface area (Å²) < 4.78 is 11.9. The molecule has 1 fully saturated rings. The van der Waals surface area contributed by atoms with Crippen molar-refractivity contribution in [2.75, 3.05) is 18.6 Å². The third-order valence-electron chi connectivity index (χ3n) is 6.20. The van der Waals surface area contributed by atoms with Gasteiger partial charge in [0.1, 0.15) is 17.3 Å². The molecule has 1 saturated heterocycles. The highest BCUT2D eigenvalue weighted by Crippen LogP contribution is 2.44. The highest BCUT2D eigenvalue weighted by Gasteiger charge is 2.48. The van der Waals surface area contributed by atoms with Crippen molar-refractivity contribution < 1.29 is 24.2 Å². The molecule has 1 amide bonds. The van der Waals surface area contributed by atoms with Gasteiger partial charge in [-0.15, -0.1) is 0 Å². The number of nitrogens with zero attached hydrogens (tertiary/aromatic N) is 2. The number of ketones is 1. The summed E-state index contributed by atoms with van der Waals surface area (Å²) in [4.78, 5) is 32.9. The zero-order valence-electron chi connectivity index (χ0n) is 20.7. The zero-order valence-corrected chi connectivity index (χ0v) is 21.5. The lowest BCUT2D eigenvalue weighted by Crippen LogP contribution is -2.29. The quantitative estimate of drug-likeness (QED) is 0.184. The van der Waals surface area contributed by atoms with Gasteiger partial charge < -0.3 is 14.6 Å². The summed E-state index contributed by atoms with van der Waals surface area (Å²) in [5, 5.41) is 11.7. The van der Waals surface area contributed by atoms with E-state index in [2.05, 4.69) is 4.98 Å². The lowest BCUT2D eigenvalue weighted by atomic mass is 9.95. The third-order valence-corrected chi connectivity index (χ3v) is 7.21. The second kappa shape index (κ2) is 10.1. The van der Waals surface area contributed by atoms with E-state index in [0.29, 0.717) is 34.4 Å². The smallest absolute Gasteiger partial charge is 0.301 e. The topological polar surface area (TPSA) is 89.0 Å². The Hall–Kier alpha value is -4.17. The molecule has 0 aliphatic carbocycles. The number of ether oxygens (including phenoxy) is 2. The van der Waals surface area contributed by atoms with Crippen LogP contribution in [0.2, 0.25) is 0 Å². The molecule has 0 spiro atoms. The molecule has 0 radical (unpaired) electrons. The van der Waals surface area contributed by atoms with Crippen LogP contribution in [0.4, 0.5) is 5.13 Å². The van der Waals surface area contributed by atoms with E-state index in [0.717, 1.165) is 22.2 Å². The number of anilines is 1. The fourth-order valence-corrected chi connectivity index (χ4v) is 5.45. The number of carbonyl (C=O) groups is 2. The average Bonchev–Trinajstić information content (AvgIpc) is 3.44. The van der Waals surface area contributed by atoms with E-state index in [1.807, 2.05) is 44.2 Å². The van der Waals surface area contributed by atoms with Crippen molar-refractivity contribution in [3.05, 3.63) is 89.0 Å². The van der Waals surface area contributed by atoms with E-state index in [1.165, 1.54) is 23.3 Å². The number of aliphatic hydroxyl groups is 1. The maximum Gasteiger partial charge on any atom is 0.301 e. The van der Waals surface area contributed by atoms with Gasteiger partial charge in [-0.1, -0.05) is 48.6 Å². The van der Waals surface area contributed by atoms with Crippen LogP contribution in [0.15, 0.2) is 72.3 Å². The molecule has 1 atom stereocenters. The first-order valence-corrected chi connectivity index (χ1v) is 12.8. The fraction of sp³-hybridized carbons (Fsp3) is 0.207. The second-order valence-electron chi connectivity index (χ2n) is 8.79. The number of hydrogen-bond acceptors (Lipinski definition) is 7. The van der Waals surface area contributed by atoms with Gasteiger partial charge in [-0.05, 0) is 60.9 Å². The number of rotatable bonds is 7. The van der Waals surface area contributed by atoms with E-state index < -0.39 is 17.7 Å². The second-order valence-corrected chi connectivity index (χ2v) is 9.80. The number of aryl methyl sites for hydroxylation is 1. The van der Waals surface area contributed by atoms with Crippen LogP contribution in [0.3, 0.4) is 0 Å². The number of amides is 1. The Labute approximate surface area is 218 Å². The molecule has 1 aromatic heterocycles. The van der Waals surface area contributed by atoms with Crippen LogP contribution in [0.25, 0.3) is 16.0 Å². The zero-order chi connectivity index (χ0) is 26.1. The Bertz CT molecular complexity index is 1520. The van der Waals surface area contributed by atoms with Crippen molar-refractivity contribution in [2.45, 2.75) is 26.3 Å². The first-order chi connectivity index (χ1) is 17.9. The Kier molecular flexibility index (Phi) is 6.67. The summed E-state index contributed by atoms with van der Waals surface area (Å²) in [5.41, 5.74) is 2.84. The van der Waals surface area contributed by atoms with E-state index >= 15 is 0 Å². The largest absolute Gasteiger partial charge is 0.507 e. The van der Waals surface area contributed by atoms with E-state index in [1.54, 1.807) is 36.4 Å². The maximum atomic E-state index is 13.5. The molecule has 0 saturated carbocycles. The minimum absolute atomic E-state index is 0.00378. The standard InChI is InChI=1S/C29H26N2O5S/c1-4-14-36-20-11-9-18(10-12-20)25-24(26(32)19-6-5-7-21(16-19)35-3)27(33)28(34)31(25)29-30-22-13-8-17(2)15-23(22)37-29/h5-13,15-16,25,32H,4,14H2,1-3H3/b26-24+/t25-/m1/s1. The van der Waals surface area contributed by atoms with E-state index in [9.17, 15) is 14.7 Å². The number of methoxy groups -OCH3 is 1. The van der Waals surface area contributed by atoms with Crippen LogP contribution in [-0.4, -0.2) is 35.5 Å². The van der Waals surface area contributed by atoms with Crippen LogP contribution < -0.4 is 14.4 Å². The van der Waals surface area contributed by atoms with Gasteiger partial charge in [-0.2, -0.15) is 0 Å². The molecule has 2 heterocycles. The summed E-state index contributed by atoms with van der Waals surface area (Å²) in [7, 11) is 1.52. The summed E-state index contributed by atoms with van der Waals surface area (Å²) in [6.07, 6.45) is 0.875. The molecule has 1 aliphatic heterocycles. The molecule has 0 unspecified atom stereocenters. The van der Waals surface area contributed by atoms with Gasteiger partial charge in [0.2, 0.25) is 0 Å². The first-order valence-electron chi connectivity index (χ1n) is 12.0. The average molecular weight is 515 g/mol. The number of hydrogen-bond donors (Lipinski definition) is 1. The lowest BCUT2D eigenvalue weighted by Gasteiger charge is -2.23. The molecule has 7 nitrogen and oxygen atoms in total. The van der Waals surface area contributed by atoms with Gasteiger partial charge >= 0.3 is 5.91 Å². The number of thiazole rings is 1. The van der Waals surface area contributed by atoms with Gasteiger partial charge in [0.25, 0.3) is 5.78 Å². The highest BCUT2D eigenvalue weighted by atomic mass is 32.1. The monoisotopic (exact) mass is 514 g/mol. The van der Waals surface area contributed by atoms with Crippen molar-refractivity contribution in [3.63, 3.8) is 0 Å². The van der Waals surface area contributed by atoms with Crippen LogP contribution in [-0.2, 0) is 9.59 Å². The van der Waals surface area contributed by atoms with Crippen LogP contribution in [0.1, 0.15) is 36.1 Å². The van der Waals surface area contributed by atoms with Gasteiger partial charge in [0.15, 0.2) is 5.13 Å². The Balaban J connectivity index is 1.68. The van der Waals surface area contributed by atoms with Crippen LogP contribution in [0, 0.1) is 6.92 Å². The molecule has 0 bridgehead atoms.